The molecule has 108 valence electrons. The van der Waals surface area contributed by atoms with Crippen LogP contribution in [-0.2, 0) is 6.42 Å². The van der Waals surface area contributed by atoms with Gasteiger partial charge < -0.3 is 0 Å². The molecule has 0 aliphatic rings. The van der Waals surface area contributed by atoms with Crippen molar-refractivity contribution in [2.45, 2.75) is 11.2 Å². The van der Waals surface area contributed by atoms with Gasteiger partial charge in [-0.25, -0.2) is 18.2 Å². The Balaban J connectivity index is 1.87. The minimum Gasteiger partial charge on any atom is -0.241 e. The summed E-state index contributed by atoms with van der Waals surface area (Å²) >= 11 is 4.91. The average Bonchev–Trinajstić information content (AvgIpc) is 2.86. The first-order chi connectivity index (χ1) is 10.0. The summed E-state index contributed by atoms with van der Waals surface area (Å²) in [6.45, 7) is 0. The maximum Gasteiger partial charge on any atom is 0.194 e. The number of benzene rings is 2. The Morgan fingerprint density at radius 1 is 1.10 bits per heavy atom. The van der Waals surface area contributed by atoms with Gasteiger partial charge >= 0.3 is 0 Å². The van der Waals surface area contributed by atoms with E-state index in [1.807, 2.05) is 24.3 Å². The molecule has 1 heterocycles. The van der Waals surface area contributed by atoms with E-state index in [-0.39, 0.29) is 4.83 Å². The topological polar surface area (TPSA) is 12.9 Å². The number of thiazole rings is 1. The van der Waals surface area contributed by atoms with Gasteiger partial charge in [0.15, 0.2) is 17.5 Å². The van der Waals surface area contributed by atoms with E-state index in [0.717, 1.165) is 27.4 Å². The normalized spacial score (nSPS) is 12.8. The SMILES string of the molecule is Fc1cc(C(Br)Cc2nc3ccccc3s2)cc(F)c1F. The van der Waals surface area contributed by atoms with Gasteiger partial charge in [-0.15, -0.1) is 11.3 Å². The van der Waals surface area contributed by atoms with Gasteiger partial charge in [0.1, 0.15) is 0 Å². The second-order valence-electron chi connectivity index (χ2n) is 4.55. The summed E-state index contributed by atoms with van der Waals surface area (Å²) in [6, 6.07) is 9.73. The van der Waals surface area contributed by atoms with Crippen molar-refractivity contribution in [1.29, 1.82) is 0 Å². The average molecular weight is 372 g/mol. The third kappa shape index (κ3) is 2.96. The summed E-state index contributed by atoms with van der Waals surface area (Å²) in [4.78, 5) is 4.14. The first kappa shape index (κ1) is 14.5. The lowest BCUT2D eigenvalue weighted by atomic mass is 10.1. The fraction of sp³-hybridized carbons (Fsp3) is 0.133. The molecule has 0 saturated heterocycles. The number of nitrogens with zero attached hydrogens (tertiary/aromatic N) is 1. The molecule has 1 nitrogen and oxygen atoms in total. The quantitative estimate of drug-likeness (QED) is 0.444. The molecule has 0 N–H and O–H groups in total. The lowest BCUT2D eigenvalue weighted by Crippen LogP contribution is -1.99. The fourth-order valence-electron chi connectivity index (χ4n) is 2.03. The van der Waals surface area contributed by atoms with Gasteiger partial charge in [-0.1, -0.05) is 28.1 Å². The van der Waals surface area contributed by atoms with Gasteiger partial charge in [0.25, 0.3) is 0 Å². The van der Waals surface area contributed by atoms with E-state index in [4.69, 9.17) is 0 Å². The third-order valence-corrected chi connectivity index (χ3v) is 4.97. The van der Waals surface area contributed by atoms with Crippen molar-refractivity contribution in [1.82, 2.24) is 4.98 Å². The number of hydrogen-bond donors (Lipinski definition) is 0. The van der Waals surface area contributed by atoms with Crippen LogP contribution in [0.3, 0.4) is 0 Å². The van der Waals surface area contributed by atoms with Gasteiger partial charge in [-0.3, -0.25) is 0 Å². The van der Waals surface area contributed by atoms with Gasteiger partial charge in [-0.05, 0) is 29.8 Å². The maximum atomic E-state index is 13.3. The van der Waals surface area contributed by atoms with Gasteiger partial charge in [0.05, 0.1) is 15.2 Å². The molecule has 3 rings (SSSR count). The van der Waals surface area contributed by atoms with Crippen molar-refractivity contribution in [2.24, 2.45) is 0 Å². The molecule has 3 aromatic rings. The molecule has 0 aliphatic carbocycles. The van der Waals surface area contributed by atoms with Crippen LogP contribution < -0.4 is 0 Å². The van der Waals surface area contributed by atoms with E-state index in [1.54, 1.807) is 0 Å². The highest BCUT2D eigenvalue weighted by atomic mass is 79.9. The van der Waals surface area contributed by atoms with Crippen molar-refractivity contribution in [3.63, 3.8) is 0 Å². The zero-order valence-corrected chi connectivity index (χ0v) is 13.0. The molecule has 6 heteroatoms. The molecule has 2 aromatic carbocycles. The molecule has 0 fully saturated rings. The first-order valence-corrected chi connectivity index (χ1v) is 7.91. The highest BCUT2D eigenvalue weighted by molar-refractivity contribution is 9.09. The predicted molar refractivity (Wildman–Crippen MR) is 81.3 cm³/mol. The minimum atomic E-state index is -1.45. The molecule has 21 heavy (non-hydrogen) atoms. The highest BCUT2D eigenvalue weighted by Gasteiger charge is 2.17. The Labute approximate surface area is 131 Å². The maximum absolute atomic E-state index is 13.3. The Morgan fingerprint density at radius 2 is 1.76 bits per heavy atom. The number of aromatic nitrogens is 1. The zero-order valence-electron chi connectivity index (χ0n) is 10.6. The monoisotopic (exact) mass is 371 g/mol. The van der Waals surface area contributed by atoms with Gasteiger partial charge in [0.2, 0.25) is 0 Å². The van der Waals surface area contributed by atoms with Crippen LogP contribution >= 0.6 is 27.3 Å². The lowest BCUT2D eigenvalue weighted by molar-refractivity contribution is 0.445. The molecule has 0 aliphatic heterocycles. The van der Waals surface area contributed by atoms with E-state index >= 15 is 0 Å². The van der Waals surface area contributed by atoms with Crippen LogP contribution in [0, 0.1) is 17.5 Å². The minimum absolute atomic E-state index is 0.331. The van der Waals surface area contributed by atoms with Crippen molar-refractivity contribution in [2.75, 3.05) is 0 Å². The van der Waals surface area contributed by atoms with Crippen LogP contribution in [0.15, 0.2) is 36.4 Å². The second-order valence-corrected chi connectivity index (χ2v) is 6.77. The molecule has 0 saturated carbocycles. The van der Waals surface area contributed by atoms with E-state index < -0.39 is 17.5 Å². The van der Waals surface area contributed by atoms with Crippen LogP contribution in [0.4, 0.5) is 13.2 Å². The Hall–Kier alpha value is -1.40. The highest BCUT2D eigenvalue weighted by Crippen LogP contribution is 2.32. The number of hydrogen-bond acceptors (Lipinski definition) is 2. The van der Waals surface area contributed by atoms with Crippen molar-refractivity contribution in [3.05, 3.63) is 64.4 Å². The fourth-order valence-corrected chi connectivity index (χ4v) is 3.83. The number of alkyl halides is 1. The second kappa shape index (κ2) is 5.77. The van der Waals surface area contributed by atoms with Gasteiger partial charge in [0, 0.05) is 11.2 Å². The number of rotatable bonds is 3. The van der Waals surface area contributed by atoms with Crippen LogP contribution in [-0.4, -0.2) is 4.98 Å². The standard InChI is InChI=1S/C15H9BrF3NS/c16-9(8-5-10(17)15(19)11(18)6-8)7-14-20-12-3-1-2-4-13(12)21-14/h1-6,9H,7H2. The van der Waals surface area contributed by atoms with Crippen LogP contribution in [0.1, 0.15) is 15.4 Å². The molecule has 1 aromatic heterocycles. The van der Waals surface area contributed by atoms with Crippen molar-refractivity contribution >= 4 is 37.5 Å². The van der Waals surface area contributed by atoms with E-state index in [0.29, 0.717) is 12.0 Å². The molecule has 0 radical (unpaired) electrons. The van der Waals surface area contributed by atoms with Crippen molar-refractivity contribution < 1.29 is 13.2 Å². The molecular formula is C15H9BrF3NS. The molecule has 0 amide bonds. The molecule has 0 bridgehead atoms. The Kier molecular flexibility index (Phi) is 3.99. The van der Waals surface area contributed by atoms with Crippen LogP contribution in [0.2, 0.25) is 0 Å². The summed E-state index contributed by atoms with van der Waals surface area (Å²) in [5.74, 6) is -3.81. The largest absolute Gasteiger partial charge is 0.241 e. The molecule has 1 atom stereocenters. The summed E-state index contributed by atoms with van der Waals surface area (Å²) in [5, 5.41) is 0.850. The smallest absolute Gasteiger partial charge is 0.194 e. The summed E-state index contributed by atoms with van der Waals surface area (Å²) in [6.07, 6.45) is 0.476. The van der Waals surface area contributed by atoms with E-state index in [9.17, 15) is 13.2 Å². The third-order valence-electron chi connectivity index (χ3n) is 3.06. The Morgan fingerprint density at radius 3 is 2.43 bits per heavy atom. The predicted octanol–water partition coefficient (Wildman–Crippen LogP) is 5.39. The number of para-hydroxylation sites is 1. The number of fused-ring (bicyclic) bond motifs is 1. The summed E-state index contributed by atoms with van der Waals surface area (Å²) < 4.78 is 40.5. The van der Waals surface area contributed by atoms with Gasteiger partial charge in [-0.2, -0.15) is 0 Å². The van der Waals surface area contributed by atoms with Crippen molar-refractivity contribution in [3.8, 4) is 0 Å². The van der Waals surface area contributed by atoms with E-state index in [1.165, 1.54) is 11.3 Å². The summed E-state index contributed by atoms with van der Waals surface area (Å²) in [7, 11) is 0. The number of halogens is 4. The van der Waals surface area contributed by atoms with Crippen LogP contribution in [0.5, 0.6) is 0 Å². The summed E-state index contributed by atoms with van der Waals surface area (Å²) in [5.41, 5.74) is 1.25. The lowest BCUT2D eigenvalue weighted by Gasteiger charge is -2.09. The van der Waals surface area contributed by atoms with E-state index in [2.05, 4.69) is 20.9 Å². The molecule has 0 spiro atoms. The molecular weight excluding hydrogens is 363 g/mol. The first-order valence-electron chi connectivity index (χ1n) is 6.17. The zero-order chi connectivity index (χ0) is 15.0. The molecule has 1 unspecified atom stereocenters. The Bertz CT molecular complexity index is 746. The van der Waals surface area contributed by atoms with Crippen LogP contribution in [0.25, 0.3) is 10.2 Å².